The van der Waals surface area contributed by atoms with Crippen molar-refractivity contribution < 1.29 is 14.3 Å². The Morgan fingerprint density at radius 1 is 1.16 bits per heavy atom. The molecule has 0 fully saturated rings. The first-order valence-electron chi connectivity index (χ1n) is 9.36. The molecule has 0 saturated carbocycles. The Labute approximate surface area is 186 Å². The molecule has 0 radical (unpaired) electrons. The zero-order valence-corrected chi connectivity index (χ0v) is 18.0. The van der Waals surface area contributed by atoms with Crippen molar-refractivity contribution in [3.8, 4) is 17.1 Å². The highest BCUT2D eigenvalue weighted by Gasteiger charge is 2.15. The molecule has 4 rings (SSSR count). The number of amides is 2. The minimum atomic E-state index is -0.750. The van der Waals surface area contributed by atoms with Crippen molar-refractivity contribution in [2.24, 2.45) is 0 Å². The van der Waals surface area contributed by atoms with Crippen LogP contribution in [-0.2, 0) is 16.0 Å². The fourth-order valence-corrected chi connectivity index (χ4v) is 3.94. The van der Waals surface area contributed by atoms with E-state index in [-0.39, 0.29) is 6.54 Å². The summed E-state index contributed by atoms with van der Waals surface area (Å²) in [6.07, 6.45) is 0.502. The molecule has 8 nitrogen and oxygen atoms in total. The van der Waals surface area contributed by atoms with Gasteiger partial charge in [0.05, 0.1) is 12.8 Å². The third-order valence-corrected chi connectivity index (χ3v) is 5.55. The number of rotatable bonds is 6. The van der Waals surface area contributed by atoms with Gasteiger partial charge < -0.3 is 15.4 Å². The van der Waals surface area contributed by atoms with E-state index in [0.717, 1.165) is 22.0 Å². The Kier molecular flexibility index (Phi) is 6.15. The van der Waals surface area contributed by atoms with Crippen LogP contribution in [0.3, 0.4) is 0 Å². The molecule has 2 heterocycles. The summed E-state index contributed by atoms with van der Waals surface area (Å²) in [5.74, 6) is -0.0921. The summed E-state index contributed by atoms with van der Waals surface area (Å²) >= 11 is 7.35. The number of nitrogens with one attached hydrogen (secondary N) is 2. The monoisotopic (exact) mass is 455 g/mol. The van der Waals surface area contributed by atoms with Gasteiger partial charge in [0.15, 0.2) is 5.82 Å². The Hall–Kier alpha value is -3.43. The lowest BCUT2D eigenvalue weighted by molar-refractivity contribution is -0.136. The second kappa shape index (κ2) is 9.15. The second-order valence-electron chi connectivity index (χ2n) is 6.56. The van der Waals surface area contributed by atoms with Gasteiger partial charge in [-0.05, 0) is 42.5 Å². The van der Waals surface area contributed by atoms with Crippen LogP contribution in [0, 0.1) is 0 Å². The van der Waals surface area contributed by atoms with Gasteiger partial charge in [0.25, 0.3) is 0 Å². The third-order valence-electron chi connectivity index (χ3n) is 4.45. The molecule has 0 atom stereocenters. The second-order valence-corrected chi connectivity index (χ2v) is 7.83. The maximum absolute atomic E-state index is 12.1. The smallest absolute Gasteiger partial charge is 0.313 e. The van der Waals surface area contributed by atoms with E-state index in [1.54, 1.807) is 35.9 Å². The van der Waals surface area contributed by atoms with Crippen LogP contribution in [0.15, 0.2) is 53.9 Å². The quantitative estimate of drug-likeness (QED) is 0.434. The van der Waals surface area contributed by atoms with Crippen LogP contribution >= 0.6 is 22.9 Å². The van der Waals surface area contributed by atoms with Crippen molar-refractivity contribution in [3.05, 3.63) is 64.6 Å². The van der Waals surface area contributed by atoms with Crippen molar-refractivity contribution in [1.29, 1.82) is 0 Å². The van der Waals surface area contributed by atoms with E-state index in [1.165, 1.54) is 11.3 Å². The first kappa shape index (κ1) is 20.8. The van der Waals surface area contributed by atoms with Gasteiger partial charge in [0, 0.05) is 34.6 Å². The number of carbonyl (C=O) groups excluding carboxylic acids is 2. The summed E-state index contributed by atoms with van der Waals surface area (Å²) in [6, 6.07) is 14.1. The molecule has 0 aliphatic rings. The molecule has 0 bridgehead atoms. The van der Waals surface area contributed by atoms with Crippen LogP contribution in [0.4, 0.5) is 5.69 Å². The van der Waals surface area contributed by atoms with E-state index < -0.39 is 11.8 Å². The van der Waals surface area contributed by atoms with Crippen molar-refractivity contribution >= 4 is 45.4 Å². The highest BCUT2D eigenvalue weighted by molar-refractivity contribution is 7.15. The first-order valence-corrected chi connectivity index (χ1v) is 10.6. The predicted molar refractivity (Wildman–Crippen MR) is 120 cm³/mol. The van der Waals surface area contributed by atoms with Crippen LogP contribution in [0.25, 0.3) is 16.3 Å². The SMILES string of the molecule is COc1ccc(-c2nc3scc(CCNC(=O)C(=O)Nc4cccc(Cl)c4)n3n2)cc1. The van der Waals surface area contributed by atoms with Crippen molar-refractivity contribution in [1.82, 2.24) is 19.9 Å². The average Bonchev–Trinajstić information content (AvgIpc) is 3.35. The lowest BCUT2D eigenvalue weighted by Gasteiger charge is -2.06. The molecule has 0 spiro atoms. The van der Waals surface area contributed by atoms with Gasteiger partial charge >= 0.3 is 11.8 Å². The minimum Gasteiger partial charge on any atom is -0.497 e. The number of aromatic nitrogens is 3. The molecule has 31 heavy (non-hydrogen) atoms. The fraction of sp³-hybridized carbons (Fsp3) is 0.143. The number of ether oxygens (including phenoxy) is 1. The average molecular weight is 456 g/mol. The number of halogens is 1. The number of anilines is 1. The van der Waals surface area contributed by atoms with Gasteiger partial charge in [-0.3, -0.25) is 9.59 Å². The summed E-state index contributed by atoms with van der Waals surface area (Å²) < 4.78 is 6.93. The molecule has 0 unspecified atom stereocenters. The van der Waals surface area contributed by atoms with Crippen LogP contribution in [-0.4, -0.2) is 40.1 Å². The molecule has 0 aliphatic carbocycles. The van der Waals surface area contributed by atoms with E-state index >= 15 is 0 Å². The van der Waals surface area contributed by atoms with E-state index in [1.807, 2.05) is 29.6 Å². The summed E-state index contributed by atoms with van der Waals surface area (Å²) in [5, 5.41) is 12.1. The summed E-state index contributed by atoms with van der Waals surface area (Å²) in [5.41, 5.74) is 2.23. The molecule has 2 N–H and O–H groups in total. The number of carbonyl (C=O) groups is 2. The van der Waals surface area contributed by atoms with Crippen LogP contribution in [0.2, 0.25) is 5.02 Å². The van der Waals surface area contributed by atoms with E-state index in [9.17, 15) is 9.59 Å². The molecular weight excluding hydrogens is 438 g/mol. The lowest BCUT2D eigenvalue weighted by atomic mass is 10.2. The number of hydrogen-bond donors (Lipinski definition) is 2. The zero-order valence-electron chi connectivity index (χ0n) is 16.5. The summed E-state index contributed by atoms with van der Waals surface area (Å²) in [6.45, 7) is 0.283. The zero-order chi connectivity index (χ0) is 21.8. The Balaban J connectivity index is 1.36. The van der Waals surface area contributed by atoms with Crippen molar-refractivity contribution in [3.63, 3.8) is 0 Å². The number of hydrogen-bond acceptors (Lipinski definition) is 6. The normalized spacial score (nSPS) is 10.8. The van der Waals surface area contributed by atoms with Crippen molar-refractivity contribution in [2.75, 3.05) is 19.0 Å². The molecule has 0 saturated heterocycles. The van der Waals surface area contributed by atoms with Crippen molar-refractivity contribution in [2.45, 2.75) is 6.42 Å². The highest BCUT2D eigenvalue weighted by atomic mass is 35.5. The van der Waals surface area contributed by atoms with Gasteiger partial charge in [-0.25, -0.2) is 4.52 Å². The molecule has 4 aromatic rings. The number of fused-ring (bicyclic) bond motifs is 1. The van der Waals surface area contributed by atoms with E-state index in [0.29, 0.717) is 23.0 Å². The predicted octanol–water partition coefficient (Wildman–Crippen LogP) is 3.42. The molecular formula is C21H18ClN5O3S. The van der Waals surface area contributed by atoms with E-state index in [4.69, 9.17) is 16.3 Å². The summed E-state index contributed by atoms with van der Waals surface area (Å²) in [7, 11) is 1.62. The topological polar surface area (TPSA) is 97.6 Å². The summed E-state index contributed by atoms with van der Waals surface area (Å²) in [4.78, 5) is 29.4. The number of nitrogens with zero attached hydrogens (tertiary/aromatic N) is 3. The Bertz CT molecular complexity index is 1240. The van der Waals surface area contributed by atoms with Crippen LogP contribution in [0.1, 0.15) is 5.69 Å². The van der Waals surface area contributed by atoms with E-state index in [2.05, 4.69) is 20.7 Å². The molecule has 2 aromatic carbocycles. The Morgan fingerprint density at radius 2 is 1.97 bits per heavy atom. The Morgan fingerprint density at radius 3 is 2.71 bits per heavy atom. The standard InChI is InChI=1S/C21H18ClN5O3S/c1-30-17-7-5-13(6-8-17)18-25-21-27(26-18)16(12-31-21)9-10-23-19(28)20(29)24-15-4-2-3-14(22)11-15/h2-8,11-12H,9-10H2,1H3,(H,23,28)(H,24,29). The third kappa shape index (κ3) is 4.84. The lowest BCUT2D eigenvalue weighted by Crippen LogP contribution is -2.36. The van der Waals surface area contributed by atoms with Gasteiger partial charge in [-0.2, -0.15) is 4.98 Å². The largest absolute Gasteiger partial charge is 0.497 e. The number of methoxy groups -OCH3 is 1. The maximum Gasteiger partial charge on any atom is 0.313 e. The first-order chi connectivity index (χ1) is 15.0. The minimum absolute atomic E-state index is 0.283. The van der Waals surface area contributed by atoms with Crippen LogP contribution in [0.5, 0.6) is 5.75 Å². The molecule has 2 aromatic heterocycles. The van der Waals surface area contributed by atoms with Gasteiger partial charge in [0.1, 0.15) is 5.75 Å². The molecule has 0 aliphatic heterocycles. The maximum atomic E-state index is 12.1. The number of benzene rings is 2. The number of thiazole rings is 1. The molecule has 158 valence electrons. The van der Waals surface area contributed by atoms with Gasteiger partial charge in [-0.1, -0.05) is 17.7 Å². The molecule has 10 heteroatoms. The molecule has 2 amide bonds. The van der Waals surface area contributed by atoms with Gasteiger partial charge in [-0.15, -0.1) is 16.4 Å². The van der Waals surface area contributed by atoms with Gasteiger partial charge in [0.2, 0.25) is 4.96 Å². The van der Waals surface area contributed by atoms with Crippen LogP contribution < -0.4 is 15.4 Å². The fourth-order valence-electron chi connectivity index (χ4n) is 2.90. The highest BCUT2D eigenvalue weighted by Crippen LogP contribution is 2.23.